The van der Waals surface area contributed by atoms with Gasteiger partial charge in [-0.1, -0.05) is 12.1 Å². The van der Waals surface area contributed by atoms with Crippen molar-refractivity contribution >= 4 is 11.7 Å². The number of ether oxygens (including phenoxy) is 1. The first-order valence-electron chi connectivity index (χ1n) is 5.99. The summed E-state index contributed by atoms with van der Waals surface area (Å²) in [7, 11) is 3.60. The summed E-state index contributed by atoms with van der Waals surface area (Å²) in [6, 6.07) is 0. The molecule has 0 aromatic carbocycles. The van der Waals surface area contributed by atoms with Crippen molar-refractivity contribution in [2.45, 2.75) is 13.3 Å². The number of hydrogen-bond donors (Lipinski definition) is 3. The summed E-state index contributed by atoms with van der Waals surface area (Å²) in [5.41, 5.74) is 5.44. The fourth-order valence-electron chi connectivity index (χ4n) is 1.45. The maximum Gasteiger partial charge on any atom is 0.230 e. The molecule has 0 aromatic heterocycles. The normalized spacial score (nSPS) is 13.7. The van der Waals surface area contributed by atoms with Crippen molar-refractivity contribution in [1.82, 2.24) is 10.2 Å². The number of carbonyl (C=O) groups is 1. The van der Waals surface area contributed by atoms with Crippen LogP contribution in [0.15, 0.2) is 5.16 Å². The summed E-state index contributed by atoms with van der Waals surface area (Å²) in [6.07, 6.45) is 0.501. The Labute approximate surface area is 108 Å². The quantitative estimate of drug-likeness (QED) is 0.224. The largest absolute Gasteiger partial charge is 0.409 e. The summed E-state index contributed by atoms with van der Waals surface area (Å²) >= 11 is 0. The molecule has 7 heteroatoms. The third-order valence-electron chi connectivity index (χ3n) is 2.67. The molecule has 0 aliphatic heterocycles. The van der Waals surface area contributed by atoms with Crippen molar-refractivity contribution in [2.24, 2.45) is 16.8 Å². The molecule has 0 aromatic rings. The van der Waals surface area contributed by atoms with Gasteiger partial charge in [0.05, 0.1) is 12.5 Å². The monoisotopic (exact) mass is 260 g/mol. The Morgan fingerprint density at radius 2 is 2.22 bits per heavy atom. The Kier molecular flexibility index (Phi) is 8.95. The SMILES string of the molecule is CCC(C(=O)NCCN(C)CCOC)C(N)=NO. The Balaban J connectivity index is 3.95. The van der Waals surface area contributed by atoms with E-state index in [0.717, 1.165) is 13.1 Å². The maximum atomic E-state index is 11.7. The first-order chi connectivity index (χ1) is 8.56. The van der Waals surface area contributed by atoms with E-state index in [9.17, 15) is 4.79 Å². The molecule has 7 nitrogen and oxygen atoms in total. The van der Waals surface area contributed by atoms with Gasteiger partial charge in [0, 0.05) is 26.7 Å². The average molecular weight is 260 g/mol. The van der Waals surface area contributed by atoms with Crippen molar-refractivity contribution < 1.29 is 14.7 Å². The van der Waals surface area contributed by atoms with Crippen LogP contribution in [0, 0.1) is 5.92 Å². The highest BCUT2D eigenvalue weighted by molar-refractivity contribution is 6.01. The van der Waals surface area contributed by atoms with E-state index in [2.05, 4.69) is 10.5 Å². The lowest BCUT2D eigenvalue weighted by atomic mass is 10.1. The number of rotatable bonds is 9. The number of nitrogens with zero attached hydrogens (tertiary/aromatic N) is 2. The molecule has 0 spiro atoms. The highest BCUT2D eigenvalue weighted by Crippen LogP contribution is 2.02. The standard InChI is InChI=1S/C11H24N4O3/c1-4-9(10(12)14-17)11(16)13-5-6-15(2)7-8-18-3/h9,17H,4-8H2,1-3H3,(H2,12,14)(H,13,16). The topological polar surface area (TPSA) is 100 Å². The van der Waals surface area contributed by atoms with Gasteiger partial charge in [-0.05, 0) is 13.5 Å². The minimum absolute atomic E-state index is 0.0530. The van der Waals surface area contributed by atoms with Crippen LogP contribution in [0.25, 0.3) is 0 Å². The summed E-state index contributed by atoms with van der Waals surface area (Å²) in [6.45, 7) is 4.53. The van der Waals surface area contributed by atoms with E-state index < -0.39 is 5.92 Å². The second-order valence-corrected chi connectivity index (χ2v) is 4.07. The number of nitrogens with two attached hydrogens (primary N) is 1. The number of nitrogens with one attached hydrogen (secondary N) is 1. The molecule has 0 aliphatic carbocycles. The van der Waals surface area contributed by atoms with Gasteiger partial charge in [-0.15, -0.1) is 0 Å². The number of amidine groups is 1. The fourth-order valence-corrected chi connectivity index (χ4v) is 1.45. The molecule has 1 amide bonds. The second-order valence-electron chi connectivity index (χ2n) is 4.07. The molecule has 1 unspecified atom stereocenters. The first-order valence-corrected chi connectivity index (χ1v) is 5.99. The highest BCUT2D eigenvalue weighted by atomic mass is 16.5. The van der Waals surface area contributed by atoms with Crippen molar-refractivity contribution in [3.05, 3.63) is 0 Å². The van der Waals surface area contributed by atoms with E-state index in [4.69, 9.17) is 15.7 Å². The number of likely N-dealkylation sites (N-methyl/N-ethyl adjacent to an activating group) is 1. The van der Waals surface area contributed by atoms with Crippen molar-refractivity contribution in [3.8, 4) is 0 Å². The Morgan fingerprint density at radius 3 is 2.72 bits per heavy atom. The van der Waals surface area contributed by atoms with Gasteiger partial charge in [-0.25, -0.2) is 0 Å². The minimum atomic E-state index is -0.570. The zero-order chi connectivity index (χ0) is 14.0. The lowest BCUT2D eigenvalue weighted by Crippen LogP contribution is -2.41. The molecule has 106 valence electrons. The number of carbonyl (C=O) groups excluding carboxylic acids is 1. The second kappa shape index (κ2) is 9.67. The lowest BCUT2D eigenvalue weighted by Gasteiger charge is -2.18. The summed E-state index contributed by atoms with van der Waals surface area (Å²) in [4.78, 5) is 13.8. The van der Waals surface area contributed by atoms with E-state index in [-0.39, 0.29) is 11.7 Å². The first kappa shape index (κ1) is 16.7. The van der Waals surface area contributed by atoms with Crippen LogP contribution in [-0.2, 0) is 9.53 Å². The molecule has 0 fully saturated rings. The summed E-state index contributed by atoms with van der Waals surface area (Å²) in [5.74, 6) is -0.838. The fraction of sp³-hybridized carbons (Fsp3) is 0.818. The average Bonchev–Trinajstić information content (AvgIpc) is 2.36. The van der Waals surface area contributed by atoms with E-state index >= 15 is 0 Å². The van der Waals surface area contributed by atoms with Gasteiger partial charge < -0.3 is 25.9 Å². The molecule has 0 radical (unpaired) electrons. The molecule has 0 bridgehead atoms. The van der Waals surface area contributed by atoms with Crippen LogP contribution in [0.3, 0.4) is 0 Å². The third kappa shape index (κ3) is 6.41. The summed E-state index contributed by atoms with van der Waals surface area (Å²) in [5, 5.41) is 14.2. The van der Waals surface area contributed by atoms with Crippen LogP contribution in [0.1, 0.15) is 13.3 Å². The molecule has 0 rings (SSSR count). The summed E-state index contributed by atoms with van der Waals surface area (Å²) < 4.78 is 4.95. The molecule has 18 heavy (non-hydrogen) atoms. The molecular formula is C11H24N4O3. The zero-order valence-electron chi connectivity index (χ0n) is 11.3. The predicted octanol–water partition coefficient (Wildman–Crippen LogP) is -0.547. The van der Waals surface area contributed by atoms with Gasteiger partial charge in [0.15, 0.2) is 5.84 Å². The van der Waals surface area contributed by atoms with Crippen molar-refractivity contribution in [3.63, 3.8) is 0 Å². The van der Waals surface area contributed by atoms with Crippen molar-refractivity contribution in [1.29, 1.82) is 0 Å². The molecule has 1 atom stereocenters. The van der Waals surface area contributed by atoms with E-state index in [0.29, 0.717) is 19.6 Å². The zero-order valence-corrected chi connectivity index (χ0v) is 11.3. The smallest absolute Gasteiger partial charge is 0.230 e. The van der Waals surface area contributed by atoms with E-state index in [1.54, 1.807) is 7.11 Å². The van der Waals surface area contributed by atoms with E-state index in [1.807, 2.05) is 18.9 Å². The molecule has 0 heterocycles. The molecule has 4 N–H and O–H groups in total. The Morgan fingerprint density at radius 1 is 1.56 bits per heavy atom. The highest BCUT2D eigenvalue weighted by Gasteiger charge is 2.20. The molecule has 0 saturated heterocycles. The van der Waals surface area contributed by atoms with Gasteiger partial charge in [-0.3, -0.25) is 4.79 Å². The van der Waals surface area contributed by atoms with Crippen molar-refractivity contribution in [2.75, 3.05) is 40.4 Å². The van der Waals surface area contributed by atoms with Crippen LogP contribution < -0.4 is 11.1 Å². The van der Waals surface area contributed by atoms with Gasteiger partial charge in [0.25, 0.3) is 0 Å². The third-order valence-corrected chi connectivity index (χ3v) is 2.67. The predicted molar refractivity (Wildman–Crippen MR) is 69.6 cm³/mol. The molecular weight excluding hydrogens is 236 g/mol. The Hall–Kier alpha value is -1.34. The van der Waals surface area contributed by atoms with Crippen LogP contribution in [0.5, 0.6) is 0 Å². The van der Waals surface area contributed by atoms with Gasteiger partial charge in [-0.2, -0.15) is 0 Å². The number of oxime groups is 1. The molecule has 0 aliphatic rings. The van der Waals surface area contributed by atoms with E-state index in [1.165, 1.54) is 0 Å². The Bertz CT molecular complexity index is 271. The molecule has 0 saturated carbocycles. The van der Waals surface area contributed by atoms with Crippen LogP contribution in [-0.4, -0.2) is 62.2 Å². The lowest BCUT2D eigenvalue weighted by molar-refractivity contribution is -0.123. The maximum absolute atomic E-state index is 11.7. The number of hydrogen-bond acceptors (Lipinski definition) is 5. The van der Waals surface area contributed by atoms with Crippen LogP contribution in [0.2, 0.25) is 0 Å². The number of methoxy groups -OCH3 is 1. The van der Waals surface area contributed by atoms with Gasteiger partial charge in [0.2, 0.25) is 5.91 Å². The van der Waals surface area contributed by atoms with Crippen LogP contribution >= 0.6 is 0 Å². The minimum Gasteiger partial charge on any atom is -0.409 e. The van der Waals surface area contributed by atoms with Gasteiger partial charge in [0.1, 0.15) is 0 Å². The van der Waals surface area contributed by atoms with Gasteiger partial charge >= 0.3 is 0 Å². The number of amides is 1. The van der Waals surface area contributed by atoms with Crippen LogP contribution in [0.4, 0.5) is 0 Å².